The highest BCUT2D eigenvalue weighted by Crippen LogP contribution is 2.20. The van der Waals surface area contributed by atoms with Gasteiger partial charge in [-0.3, -0.25) is 4.79 Å². The molecule has 2 heterocycles. The Hall–Kier alpha value is -1.56. The topological polar surface area (TPSA) is 87.0 Å². The quantitative estimate of drug-likeness (QED) is 0.599. The molecular formula is C10H17N5O. The van der Waals surface area contributed by atoms with Crippen molar-refractivity contribution in [2.75, 3.05) is 30.3 Å². The number of hydrogen-bond acceptors (Lipinski definition) is 5. The fourth-order valence-electron chi connectivity index (χ4n) is 1.98. The number of anilines is 2. The number of H-pyrrole nitrogens is 1. The van der Waals surface area contributed by atoms with E-state index in [1.54, 1.807) is 0 Å². The summed E-state index contributed by atoms with van der Waals surface area (Å²) in [5.41, 5.74) is 5.66. The third-order valence-electron chi connectivity index (χ3n) is 2.74. The van der Waals surface area contributed by atoms with E-state index in [1.165, 1.54) is 6.33 Å². The monoisotopic (exact) mass is 223 g/mol. The maximum atomic E-state index is 11.4. The van der Waals surface area contributed by atoms with Gasteiger partial charge >= 0.3 is 0 Å². The number of aromatic nitrogens is 2. The predicted octanol–water partition coefficient (Wildman–Crippen LogP) is -0.460. The summed E-state index contributed by atoms with van der Waals surface area (Å²) in [6, 6.07) is 0. The molecule has 1 aliphatic heterocycles. The molecule has 2 rings (SSSR count). The van der Waals surface area contributed by atoms with Crippen molar-refractivity contribution in [3.05, 3.63) is 16.7 Å². The maximum Gasteiger partial charge on any atom is 0.276 e. The normalized spacial score (nSPS) is 19.8. The zero-order valence-corrected chi connectivity index (χ0v) is 9.58. The lowest BCUT2D eigenvalue weighted by molar-refractivity contribution is 0.352. The van der Waals surface area contributed by atoms with Crippen LogP contribution >= 0.6 is 0 Å². The lowest BCUT2D eigenvalue weighted by atomic mass is 10.0. The fourth-order valence-corrected chi connectivity index (χ4v) is 1.98. The van der Waals surface area contributed by atoms with Crippen molar-refractivity contribution < 1.29 is 0 Å². The molecule has 1 aromatic heterocycles. The second-order valence-electron chi connectivity index (χ2n) is 4.70. The molecule has 0 aliphatic carbocycles. The van der Waals surface area contributed by atoms with Crippen LogP contribution in [0.5, 0.6) is 0 Å². The number of nitrogens with two attached hydrogens (primary N) is 1. The molecule has 4 N–H and O–H groups in total. The van der Waals surface area contributed by atoms with E-state index in [0.717, 1.165) is 19.6 Å². The van der Waals surface area contributed by atoms with Crippen LogP contribution in [0.4, 0.5) is 11.5 Å². The summed E-state index contributed by atoms with van der Waals surface area (Å²) in [4.78, 5) is 20.0. The third kappa shape index (κ3) is 2.01. The first-order valence-corrected chi connectivity index (χ1v) is 5.33. The van der Waals surface area contributed by atoms with Crippen LogP contribution < -0.4 is 21.5 Å². The van der Waals surface area contributed by atoms with Gasteiger partial charge in [0.05, 0.1) is 6.33 Å². The molecular weight excluding hydrogens is 206 g/mol. The molecule has 0 unspecified atom stereocenters. The zero-order chi connectivity index (χ0) is 11.8. The van der Waals surface area contributed by atoms with Crippen molar-refractivity contribution in [3.63, 3.8) is 0 Å². The van der Waals surface area contributed by atoms with E-state index in [0.29, 0.717) is 5.82 Å². The lowest BCUT2D eigenvalue weighted by Crippen LogP contribution is -2.57. The van der Waals surface area contributed by atoms with Gasteiger partial charge in [-0.25, -0.2) is 4.98 Å². The van der Waals surface area contributed by atoms with Gasteiger partial charge in [0.1, 0.15) is 5.69 Å². The first kappa shape index (κ1) is 10.9. The van der Waals surface area contributed by atoms with Gasteiger partial charge in [0.25, 0.3) is 5.56 Å². The Balaban J connectivity index is 2.31. The second-order valence-corrected chi connectivity index (χ2v) is 4.70. The van der Waals surface area contributed by atoms with E-state index in [4.69, 9.17) is 5.73 Å². The summed E-state index contributed by atoms with van der Waals surface area (Å²) in [6.45, 7) is 6.68. The number of piperazine rings is 1. The van der Waals surface area contributed by atoms with Crippen LogP contribution in [0.3, 0.4) is 0 Å². The van der Waals surface area contributed by atoms with Gasteiger partial charge in [-0.15, -0.1) is 0 Å². The van der Waals surface area contributed by atoms with Crippen LogP contribution in [0.1, 0.15) is 13.8 Å². The molecule has 0 radical (unpaired) electrons. The summed E-state index contributed by atoms with van der Waals surface area (Å²) in [5, 5.41) is 3.40. The average Bonchev–Trinajstić information content (AvgIpc) is 2.20. The highest BCUT2D eigenvalue weighted by atomic mass is 16.1. The molecule has 88 valence electrons. The van der Waals surface area contributed by atoms with Crippen LogP contribution in [0, 0.1) is 0 Å². The molecule has 1 saturated heterocycles. The van der Waals surface area contributed by atoms with E-state index < -0.39 is 0 Å². The minimum absolute atomic E-state index is 0.00890. The Morgan fingerprint density at radius 1 is 1.56 bits per heavy atom. The van der Waals surface area contributed by atoms with Gasteiger partial charge < -0.3 is 20.9 Å². The Kier molecular flexibility index (Phi) is 2.59. The second kappa shape index (κ2) is 3.79. The minimum Gasteiger partial charge on any atom is -0.391 e. The van der Waals surface area contributed by atoms with E-state index in [9.17, 15) is 4.79 Å². The number of nitrogens with one attached hydrogen (secondary N) is 2. The van der Waals surface area contributed by atoms with E-state index in [-0.39, 0.29) is 16.8 Å². The van der Waals surface area contributed by atoms with E-state index in [2.05, 4.69) is 29.1 Å². The van der Waals surface area contributed by atoms with E-state index in [1.807, 2.05) is 4.90 Å². The predicted molar refractivity (Wildman–Crippen MR) is 63.6 cm³/mol. The lowest BCUT2D eigenvalue weighted by Gasteiger charge is -2.39. The maximum absolute atomic E-state index is 11.4. The highest BCUT2D eigenvalue weighted by Gasteiger charge is 2.27. The van der Waals surface area contributed by atoms with Gasteiger partial charge in [-0.05, 0) is 13.8 Å². The molecule has 0 aromatic carbocycles. The number of nitrogen functional groups attached to an aromatic ring is 1. The van der Waals surface area contributed by atoms with Crippen molar-refractivity contribution in [1.82, 2.24) is 15.3 Å². The summed E-state index contributed by atoms with van der Waals surface area (Å²) in [7, 11) is 0. The number of aromatic amines is 1. The number of rotatable bonds is 1. The summed E-state index contributed by atoms with van der Waals surface area (Å²) >= 11 is 0. The van der Waals surface area contributed by atoms with Crippen LogP contribution in [-0.4, -0.2) is 35.1 Å². The molecule has 1 aliphatic rings. The van der Waals surface area contributed by atoms with Crippen molar-refractivity contribution >= 4 is 11.5 Å². The van der Waals surface area contributed by atoms with Crippen molar-refractivity contribution in [2.24, 2.45) is 0 Å². The van der Waals surface area contributed by atoms with Crippen LogP contribution in [0.25, 0.3) is 0 Å². The summed E-state index contributed by atoms with van der Waals surface area (Å²) < 4.78 is 0. The Morgan fingerprint density at radius 2 is 2.31 bits per heavy atom. The highest BCUT2D eigenvalue weighted by molar-refractivity contribution is 5.61. The summed E-state index contributed by atoms with van der Waals surface area (Å²) in [5.74, 6) is 0.582. The van der Waals surface area contributed by atoms with E-state index >= 15 is 0 Å². The zero-order valence-electron chi connectivity index (χ0n) is 9.58. The fraction of sp³-hybridized carbons (Fsp3) is 0.600. The van der Waals surface area contributed by atoms with Crippen molar-refractivity contribution in [3.8, 4) is 0 Å². The molecule has 0 amide bonds. The van der Waals surface area contributed by atoms with Crippen molar-refractivity contribution in [1.29, 1.82) is 0 Å². The Labute approximate surface area is 93.9 Å². The standard InChI is InChI=1S/C10H17N5O/c1-10(2)5-15(4-3-14-10)8-7(11)9(16)13-6-12-8/h6,14H,3-5,11H2,1-2H3,(H,12,13,16). The SMILES string of the molecule is CC1(C)CN(c2nc[nH]c(=O)c2N)CCN1. The molecule has 0 saturated carbocycles. The van der Waals surface area contributed by atoms with Gasteiger partial charge in [0, 0.05) is 25.2 Å². The molecule has 6 nitrogen and oxygen atoms in total. The average molecular weight is 223 g/mol. The third-order valence-corrected chi connectivity index (χ3v) is 2.74. The van der Waals surface area contributed by atoms with Gasteiger partial charge in [-0.2, -0.15) is 0 Å². The molecule has 0 atom stereocenters. The number of nitrogens with zero attached hydrogens (tertiary/aromatic N) is 2. The van der Waals surface area contributed by atoms with Crippen molar-refractivity contribution in [2.45, 2.75) is 19.4 Å². The van der Waals surface area contributed by atoms with Crippen LogP contribution in [0.15, 0.2) is 11.1 Å². The molecule has 0 spiro atoms. The molecule has 16 heavy (non-hydrogen) atoms. The molecule has 1 fully saturated rings. The molecule has 1 aromatic rings. The van der Waals surface area contributed by atoms with Crippen LogP contribution in [-0.2, 0) is 0 Å². The van der Waals surface area contributed by atoms with Gasteiger partial charge in [0.2, 0.25) is 0 Å². The van der Waals surface area contributed by atoms with Gasteiger partial charge in [-0.1, -0.05) is 0 Å². The first-order valence-electron chi connectivity index (χ1n) is 5.33. The molecule has 0 bridgehead atoms. The number of hydrogen-bond donors (Lipinski definition) is 3. The van der Waals surface area contributed by atoms with Crippen LogP contribution in [0.2, 0.25) is 0 Å². The summed E-state index contributed by atoms with van der Waals surface area (Å²) in [6.07, 6.45) is 1.39. The molecule has 6 heteroatoms. The van der Waals surface area contributed by atoms with Gasteiger partial charge in [0.15, 0.2) is 5.82 Å². The first-order chi connectivity index (χ1) is 7.49. The Bertz CT molecular complexity index is 439. The Morgan fingerprint density at radius 3 is 3.00 bits per heavy atom. The largest absolute Gasteiger partial charge is 0.391 e. The smallest absolute Gasteiger partial charge is 0.276 e. The minimum atomic E-state index is -0.277.